The van der Waals surface area contributed by atoms with E-state index < -0.39 is 0 Å². The minimum absolute atomic E-state index is 0.689. The predicted octanol–water partition coefficient (Wildman–Crippen LogP) is 1.25. The van der Waals surface area contributed by atoms with Crippen molar-refractivity contribution in [3.63, 3.8) is 0 Å². The SMILES string of the molecule is CC(C)C1COCCC1CN. The molecule has 0 spiro atoms. The summed E-state index contributed by atoms with van der Waals surface area (Å²) in [6, 6.07) is 0. The molecular formula is C9H19NO. The summed E-state index contributed by atoms with van der Waals surface area (Å²) < 4.78 is 5.42. The van der Waals surface area contributed by atoms with Crippen molar-refractivity contribution < 1.29 is 4.74 Å². The van der Waals surface area contributed by atoms with Gasteiger partial charge in [0.15, 0.2) is 0 Å². The van der Waals surface area contributed by atoms with Gasteiger partial charge in [-0.3, -0.25) is 0 Å². The molecule has 2 N–H and O–H groups in total. The van der Waals surface area contributed by atoms with Gasteiger partial charge in [-0.2, -0.15) is 0 Å². The standard InChI is InChI=1S/C9H19NO/c1-7(2)9-6-11-4-3-8(9)5-10/h7-9H,3-6,10H2,1-2H3. The van der Waals surface area contributed by atoms with Crippen LogP contribution in [0.4, 0.5) is 0 Å². The Morgan fingerprint density at radius 1 is 1.55 bits per heavy atom. The third-order valence-electron chi connectivity index (χ3n) is 2.71. The minimum atomic E-state index is 0.689. The van der Waals surface area contributed by atoms with Gasteiger partial charge < -0.3 is 10.5 Å². The minimum Gasteiger partial charge on any atom is -0.381 e. The summed E-state index contributed by atoms with van der Waals surface area (Å²) in [4.78, 5) is 0. The van der Waals surface area contributed by atoms with E-state index in [4.69, 9.17) is 10.5 Å². The molecule has 0 saturated carbocycles. The van der Waals surface area contributed by atoms with Gasteiger partial charge in [-0.1, -0.05) is 13.8 Å². The topological polar surface area (TPSA) is 35.2 Å². The number of hydrogen-bond donors (Lipinski definition) is 1. The molecule has 1 heterocycles. The molecule has 0 aromatic heterocycles. The van der Waals surface area contributed by atoms with E-state index in [9.17, 15) is 0 Å². The molecule has 1 aliphatic heterocycles. The zero-order valence-corrected chi connectivity index (χ0v) is 7.55. The van der Waals surface area contributed by atoms with Gasteiger partial charge in [0.25, 0.3) is 0 Å². The first-order chi connectivity index (χ1) is 5.25. The van der Waals surface area contributed by atoms with Crippen molar-refractivity contribution >= 4 is 0 Å². The Hall–Kier alpha value is -0.0800. The fourth-order valence-corrected chi connectivity index (χ4v) is 1.83. The quantitative estimate of drug-likeness (QED) is 0.655. The second-order valence-corrected chi connectivity index (χ2v) is 3.77. The molecular weight excluding hydrogens is 138 g/mol. The van der Waals surface area contributed by atoms with E-state index in [2.05, 4.69) is 13.8 Å². The van der Waals surface area contributed by atoms with Crippen molar-refractivity contribution in [1.29, 1.82) is 0 Å². The van der Waals surface area contributed by atoms with E-state index in [-0.39, 0.29) is 0 Å². The maximum atomic E-state index is 5.68. The van der Waals surface area contributed by atoms with Gasteiger partial charge in [-0.05, 0) is 30.7 Å². The van der Waals surface area contributed by atoms with Crippen LogP contribution in [0.15, 0.2) is 0 Å². The Labute approximate surface area is 69.1 Å². The molecule has 1 aliphatic rings. The van der Waals surface area contributed by atoms with E-state index in [1.807, 2.05) is 0 Å². The Kier molecular flexibility index (Phi) is 3.34. The molecule has 0 aromatic rings. The van der Waals surface area contributed by atoms with Crippen molar-refractivity contribution in [2.75, 3.05) is 19.8 Å². The average Bonchev–Trinajstić information content (AvgIpc) is 2.04. The molecule has 0 radical (unpaired) electrons. The van der Waals surface area contributed by atoms with E-state index in [0.717, 1.165) is 26.2 Å². The first-order valence-electron chi connectivity index (χ1n) is 4.53. The zero-order valence-electron chi connectivity index (χ0n) is 7.55. The lowest BCUT2D eigenvalue weighted by molar-refractivity contribution is 0.000730. The molecule has 2 nitrogen and oxygen atoms in total. The number of hydrogen-bond acceptors (Lipinski definition) is 2. The lowest BCUT2D eigenvalue weighted by atomic mass is 9.81. The lowest BCUT2D eigenvalue weighted by Gasteiger charge is -2.33. The van der Waals surface area contributed by atoms with E-state index in [1.165, 1.54) is 0 Å². The number of nitrogens with two attached hydrogens (primary N) is 1. The summed E-state index contributed by atoms with van der Waals surface area (Å²) in [7, 11) is 0. The van der Waals surface area contributed by atoms with Gasteiger partial charge in [0.2, 0.25) is 0 Å². The van der Waals surface area contributed by atoms with Crippen LogP contribution in [0.5, 0.6) is 0 Å². The average molecular weight is 157 g/mol. The van der Waals surface area contributed by atoms with Gasteiger partial charge in [0, 0.05) is 13.2 Å². The molecule has 0 aliphatic carbocycles. The van der Waals surface area contributed by atoms with Crippen LogP contribution in [-0.4, -0.2) is 19.8 Å². The number of ether oxygens (including phenoxy) is 1. The molecule has 1 saturated heterocycles. The smallest absolute Gasteiger partial charge is 0.0499 e. The molecule has 0 aromatic carbocycles. The van der Waals surface area contributed by atoms with Crippen LogP contribution in [0.3, 0.4) is 0 Å². The number of rotatable bonds is 2. The highest BCUT2D eigenvalue weighted by atomic mass is 16.5. The molecule has 2 unspecified atom stereocenters. The Morgan fingerprint density at radius 3 is 2.73 bits per heavy atom. The van der Waals surface area contributed by atoms with Gasteiger partial charge >= 0.3 is 0 Å². The summed E-state index contributed by atoms with van der Waals surface area (Å²) >= 11 is 0. The Bertz CT molecular complexity index is 114. The lowest BCUT2D eigenvalue weighted by Crippen LogP contribution is -2.35. The Morgan fingerprint density at radius 2 is 2.27 bits per heavy atom. The highest BCUT2D eigenvalue weighted by Crippen LogP contribution is 2.26. The highest BCUT2D eigenvalue weighted by molar-refractivity contribution is 4.76. The van der Waals surface area contributed by atoms with Crippen molar-refractivity contribution in [1.82, 2.24) is 0 Å². The summed E-state index contributed by atoms with van der Waals surface area (Å²) in [5.41, 5.74) is 5.68. The molecule has 11 heavy (non-hydrogen) atoms. The third kappa shape index (κ3) is 2.17. The fourth-order valence-electron chi connectivity index (χ4n) is 1.83. The van der Waals surface area contributed by atoms with Crippen LogP contribution in [0.1, 0.15) is 20.3 Å². The second kappa shape index (κ2) is 4.07. The van der Waals surface area contributed by atoms with Gasteiger partial charge in [0.05, 0.1) is 0 Å². The van der Waals surface area contributed by atoms with Crippen LogP contribution < -0.4 is 5.73 Å². The summed E-state index contributed by atoms with van der Waals surface area (Å²) in [6.45, 7) is 7.15. The fraction of sp³-hybridized carbons (Fsp3) is 1.00. The van der Waals surface area contributed by atoms with Crippen LogP contribution in [0.2, 0.25) is 0 Å². The first-order valence-corrected chi connectivity index (χ1v) is 4.53. The van der Waals surface area contributed by atoms with E-state index in [1.54, 1.807) is 0 Å². The summed E-state index contributed by atoms with van der Waals surface area (Å²) in [5, 5.41) is 0. The zero-order chi connectivity index (χ0) is 8.27. The van der Waals surface area contributed by atoms with Gasteiger partial charge in [-0.15, -0.1) is 0 Å². The summed E-state index contributed by atoms with van der Waals surface area (Å²) in [5.74, 6) is 2.10. The van der Waals surface area contributed by atoms with E-state index in [0.29, 0.717) is 17.8 Å². The summed E-state index contributed by atoms with van der Waals surface area (Å²) in [6.07, 6.45) is 1.15. The molecule has 1 fully saturated rings. The van der Waals surface area contributed by atoms with Gasteiger partial charge in [0.1, 0.15) is 0 Å². The van der Waals surface area contributed by atoms with Crippen LogP contribution in [-0.2, 0) is 4.74 Å². The maximum absolute atomic E-state index is 5.68. The molecule has 2 atom stereocenters. The molecule has 66 valence electrons. The van der Waals surface area contributed by atoms with Gasteiger partial charge in [-0.25, -0.2) is 0 Å². The first kappa shape index (κ1) is 9.01. The normalized spacial score (nSPS) is 32.7. The monoisotopic (exact) mass is 157 g/mol. The second-order valence-electron chi connectivity index (χ2n) is 3.77. The predicted molar refractivity (Wildman–Crippen MR) is 46.3 cm³/mol. The van der Waals surface area contributed by atoms with Crippen LogP contribution in [0.25, 0.3) is 0 Å². The van der Waals surface area contributed by atoms with Crippen LogP contribution in [0, 0.1) is 17.8 Å². The van der Waals surface area contributed by atoms with Crippen molar-refractivity contribution in [2.24, 2.45) is 23.5 Å². The van der Waals surface area contributed by atoms with Crippen molar-refractivity contribution in [3.8, 4) is 0 Å². The van der Waals surface area contributed by atoms with Crippen LogP contribution >= 0.6 is 0 Å². The van der Waals surface area contributed by atoms with Crippen molar-refractivity contribution in [2.45, 2.75) is 20.3 Å². The molecule has 0 amide bonds. The molecule has 2 heteroatoms. The molecule has 0 bridgehead atoms. The maximum Gasteiger partial charge on any atom is 0.0499 e. The highest BCUT2D eigenvalue weighted by Gasteiger charge is 2.26. The van der Waals surface area contributed by atoms with Crippen molar-refractivity contribution in [3.05, 3.63) is 0 Å². The third-order valence-corrected chi connectivity index (χ3v) is 2.71. The Balaban J connectivity index is 2.44. The van der Waals surface area contributed by atoms with E-state index >= 15 is 0 Å². The largest absolute Gasteiger partial charge is 0.381 e. The molecule has 1 rings (SSSR count).